The molecular formula is C15H25NO3. The second-order valence-corrected chi connectivity index (χ2v) is 4.91. The maximum Gasteiger partial charge on any atom is 0.163 e. The van der Waals surface area contributed by atoms with Crippen molar-refractivity contribution in [1.82, 2.24) is 0 Å². The summed E-state index contributed by atoms with van der Waals surface area (Å²) < 4.78 is 16.6. The van der Waals surface area contributed by atoms with Gasteiger partial charge in [-0.25, -0.2) is 0 Å². The van der Waals surface area contributed by atoms with E-state index in [1.807, 2.05) is 45.9 Å². The van der Waals surface area contributed by atoms with Crippen LogP contribution in [-0.4, -0.2) is 32.5 Å². The fourth-order valence-electron chi connectivity index (χ4n) is 1.61. The largest absolute Gasteiger partial charge is 0.487 e. The van der Waals surface area contributed by atoms with Gasteiger partial charge in [0.25, 0.3) is 0 Å². The molecule has 4 heteroatoms. The summed E-state index contributed by atoms with van der Waals surface area (Å²) in [4.78, 5) is 0. The van der Waals surface area contributed by atoms with Crippen molar-refractivity contribution in [2.45, 2.75) is 39.9 Å². The average molecular weight is 267 g/mol. The molecule has 0 heterocycles. The zero-order valence-corrected chi connectivity index (χ0v) is 12.5. The van der Waals surface area contributed by atoms with Crippen LogP contribution in [0.1, 0.15) is 27.7 Å². The van der Waals surface area contributed by atoms with Crippen LogP contribution in [0.2, 0.25) is 0 Å². The Kier molecular flexibility index (Phi) is 6.50. The van der Waals surface area contributed by atoms with Gasteiger partial charge in [0.15, 0.2) is 11.5 Å². The first kappa shape index (κ1) is 15.6. The normalized spacial score (nSPS) is 10.9. The lowest BCUT2D eigenvalue weighted by Crippen LogP contribution is -2.12. The maximum absolute atomic E-state index is 5.80. The van der Waals surface area contributed by atoms with Crippen LogP contribution >= 0.6 is 0 Å². The van der Waals surface area contributed by atoms with Crippen molar-refractivity contribution in [3.63, 3.8) is 0 Å². The Balaban J connectivity index is 2.81. The van der Waals surface area contributed by atoms with Crippen molar-refractivity contribution in [3.05, 3.63) is 18.2 Å². The van der Waals surface area contributed by atoms with Crippen LogP contribution in [0, 0.1) is 0 Å². The van der Waals surface area contributed by atoms with E-state index in [-0.39, 0.29) is 12.2 Å². The molecule has 0 amide bonds. The van der Waals surface area contributed by atoms with Crippen molar-refractivity contribution >= 4 is 5.69 Å². The van der Waals surface area contributed by atoms with Crippen LogP contribution in [0.3, 0.4) is 0 Å². The fraction of sp³-hybridized carbons (Fsp3) is 0.600. The van der Waals surface area contributed by atoms with Gasteiger partial charge in [-0.2, -0.15) is 0 Å². The lowest BCUT2D eigenvalue weighted by Gasteiger charge is -2.18. The minimum atomic E-state index is 0.115. The molecule has 108 valence electrons. The molecule has 4 nitrogen and oxygen atoms in total. The van der Waals surface area contributed by atoms with Crippen molar-refractivity contribution in [3.8, 4) is 11.5 Å². The SMILES string of the molecule is COCCNc1ccc(OC(C)C)c(OC(C)C)c1. The molecule has 0 spiro atoms. The van der Waals surface area contributed by atoms with Crippen molar-refractivity contribution in [2.75, 3.05) is 25.6 Å². The molecule has 19 heavy (non-hydrogen) atoms. The second kappa shape index (κ2) is 7.89. The highest BCUT2D eigenvalue weighted by molar-refractivity contribution is 5.54. The number of hydrogen-bond acceptors (Lipinski definition) is 4. The molecule has 1 N–H and O–H groups in total. The van der Waals surface area contributed by atoms with Gasteiger partial charge in [0.1, 0.15) is 0 Å². The predicted octanol–water partition coefficient (Wildman–Crippen LogP) is 3.32. The van der Waals surface area contributed by atoms with E-state index in [4.69, 9.17) is 14.2 Å². The standard InChI is InChI=1S/C15H25NO3/c1-11(2)18-14-7-6-13(16-8-9-17-5)10-15(14)19-12(3)4/h6-7,10-12,16H,8-9H2,1-5H3. The van der Waals surface area contributed by atoms with E-state index in [9.17, 15) is 0 Å². The smallest absolute Gasteiger partial charge is 0.163 e. The van der Waals surface area contributed by atoms with Crippen LogP contribution < -0.4 is 14.8 Å². The monoisotopic (exact) mass is 267 g/mol. The number of methoxy groups -OCH3 is 1. The summed E-state index contributed by atoms with van der Waals surface area (Å²) >= 11 is 0. The molecule has 0 atom stereocenters. The van der Waals surface area contributed by atoms with Crippen molar-refractivity contribution in [2.24, 2.45) is 0 Å². The van der Waals surface area contributed by atoms with Gasteiger partial charge in [-0.15, -0.1) is 0 Å². The summed E-state index contributed by atoms with van der Waals surface area (Å²) in [6.45, 7) is 9.45. The molecule has 0 fully saturated rings. The molecule has 0 unspecified atom stereocenters. The zero-order chi connectivity index (χ0) is 14.3. The summed E-state index contributed by atoms with van der Waals surface area (Å²) in [6.07, 6.45) is 0.241. The van der Waals surface area contributed by atoms with Gasteiger partial charge in [0.2, 0.25) is 0 Å². The lowest BCUT2D eigenvalue weighted by atomic mass is 10.2. The van der Waals surface area contributed by atoms with E-state index in [1.54, 1.807) is 7.11 Å². The molecule has 1 aromatic carbocycles. The maximum atomic E-state index is 5.80. The van der Waals surface area contributed by atoms with Gasteiger partial charge in [-0.05, 0) is 39.8 Å². The van der Waals surface area contributed by atoms with Gasteiger partial charge in [0, 0.05) is 25.4 Å². The Hall–Kier alpha value is -1.42. The summed E-state index contributed by atoms with van der Waals surface area (Å²) in [7, 11) is 1.69. The second-order valence-electron chi connectivity index (χ2n) is 4.91. The highest BCUT2D eigenvalue weighted by atomic mass is 16.5. The van der Waals surface area contributed by atoms with Crippen LogP contribution in [0.5, 0.6) is 11.5 Å². The number of ether oxygens (including phenoxy) is 3. The molecule has 1 aromatic rings. The lowest BCUT2D eigenvalue weighted by molar-refractivity contribution is 0.199. The summed E-state index contributed by atoms with van der Waals surface area (Å²) in [5.74, 6) is 1.55. The zero-order valence-electron chi connectivity index (χ0n) is 12.5. The van der Waals surface area contributed by atoms with Crippen LogP contribution in [0.25, 0.3) is 0 Å². The third-order valence-electron chi connectivity index (χ3n) is 2.30. The predicted molar refractivity (Wildman–Crippen MR) is 78.3 cm³/mol. The first-order valence-corrected chi connectivity index (χ1v) is 6.73. The summed E-state index contributed by atoms with van der Waals surface area (Å²) in [6, 6.07) is 5.89. The highest BCUT2D eigenvalue weighted by Gasteiger charge is 2.10. The molecule has 1 rings (SSSR count). The third-order valence-corrected chi connectivity index (χ3v) is 2.30. The van der Waals surface area contributed by atoms with E-state index >= 15 is 0 Å². The van der Waals surface area contributed by atoms with E-state index in [2.05, 4.69) is 5.32 Å². The molecule has 0 aromatic heterocycles. The van der Waals surface area contributed by atoms with Gasteiger partial charge < -0.3 is 19.5 Å². The van der Waals surface area contributed by atoms with E-state index in [0.717, 1.165) is 23.7 Å². The minimum Gasteiger partial charge on any atom is -0.487 e. The molecule has 0 bridgehead atoms. The highest BCUT2D eigenvalue weighted by Crippen LogP contribution is 2.32. The van der Waals surface area contributed by atoms with Crippen LogP contribution in [0.15, 0.2) is 18.2 Å². The third kappa shape index (κ3) is 5.83. The van der Waals surface area contributed by atoms with Crippen LogP contribution in [-0.2, 0) is 4.74 Å². The Labute approximate surface area is 116 Å². The number of rotatable bonds is 8. The van der Waals surface area contributed by atoms with E-state index < -0.39 is 0 Å². The molecule has 0 aliphatic carbocycles. The number of benzene rings is 1. The molecule has 0 aliphatic rings. The molecule has 0 saturated heterocycles. The Bertz CT molecular complexity index is 378. The molecule has 0 aliphatic heterocycles. The van der Waals surface area contributed by atoms with Gasteiger partial charge in [0.05, 0.1) is 18.8 Å². The molecule has 0 saturated carbocycles. The number of anilines is 1. The van der Waals surface area contributed by atoms with Gasteiger partial charge in [-0.1, -0.05) is 0 Å². The molecule has 0 radical (unpaired) electrons. The molecular weight excluding hydrogens is 242 g/mol. The first-order chi connectivity index (χ1) is 9.02. The van der Waals surface area contributed by atoms with Gasteiger partial charge >= 0.3 is 0 Å². The number of nitrogens with one attached hydrogen (secondary N) is 1. The fourth-order valence-corrected chi connectivity index (χ4v) is 1.61. The van der Waals surface area contributed by atoms with E-state index in [0.29, 0.717) is 6.61 Å². The Morgan fingerprint density at radius 1 is 1.00 bits per heavy atom. The quantitative estimate of drug-likeness (QED) is 0.733. The Morgan fingerprint density at radius 3 is 2.21 bits per heavy atom. The van der Waals surface area contributed by atoms with Crippen molar-refractivity contribution < 1.29 is 14.2 Å². The number of hydrogen-bond donors (Lipinski definition) is 1. The van der Waals surface area contributed by atoms with Crippen molar-refractivity contribution in [1.29, 1.82) is 0 Å². The topological polar surface area (TPSA) is 39.7 Å². The summed E-state index contributed by atoms with van der Waals surface area (Å²) in [5, 5.41) is 3.28. The van der Waals surface area contributed by atoms with E-state index in [1.165, 1.54) is 0 Å². The minimum absolute atomic E-state index is 0.115. The van der Waals surface area contributed by atoms with Gasteiger partial charge in [-0.3, -0.25) is 0 Å². The first-order valence-electron chi connectivity index (χ1n) is 6.73. The van der Waals surface area contributed by atoms with Crippen LogP contribution in [0.4, 0.5) is 5.69 Å². The average Bonchev–Trinajstić information content (AvgIpc) is 2.31. The Morgan fingerprint density at radius 2 is 1.63 bits per heavy atom. The summed E-state index contributed by atoms with van der Waals surface area (Å²) in [5.41, 5.74) is 1.00.